The van der Waals surface area contributed by atoms with Gasteiger partial charge in [0.15, 0.2) is 0 Å². The molecule has 2 heteroatoms. The largest absolute Gasteiger partial charge is 0.373 e. The molecule has 82 valence electrons. The molecule has 1 fully saturated rings. The Morgan fingerprint density at radius 3 is 2.80 bits per heavy atom. The fourth-order valence-corrected chi connectivity index (χ4v) is 2.42. The highest BCUT2D eigenvalue weighted by Crippen LogP contribution is 2.35. The van der Waals surface area contributed by atoms with Crippen molar-refractivity contribution in [3.63, 3.8) is 0 Å². The van der Waals surface area contributed by atoms with Crippen LogP contribution in [-0.4, -0.2) is 12.5 Å². The summed E-state index contributed by atoms with van der Waals surface area (Å²) in [5, 5.41) is 0. The lowest BCUT2D eigenvalue weighted by atomic mass is 9.95. The Bertz CT molecular complexity index is 348. The zero-order valence-electron chi connectivity index (χ0n) is 9.29. The highest BCUT2D eigenvalue weighted by atomic mass is 35.5. The molecule has 1 aromatic carbocycles. The van der Waals surface area contributed by atoms with Gasteiger partial charge < -0.3 is 4.74 Å². The van der Waals surface area contributed by atoms with Gasteiger partial charge in [-0.15, -0.1) is 11.6 Å². The average molecular weight is 225 g/mol. The molecule has 15 heavy (non-hydrogen) atoms. The van der Waals surface area contributed by atoms with Gasteiger partial charge in [0.05, 0.1) is 6.10 Å². The molecule has 1 aliphatic heterocycles. The van der Waals surface area contributed by atoms with Crippen LogP contribution in [-0.2, 0) is 4.74 Å². The first-order chi connectivity index (χ1) is 7.22. The summed E-state index contributed by atoms with van der Waals surface area (Å²) in [6.07, 6.45) is 1.29. The number of halogens is 1. The van der Waals surface area contributed by atoms with Crippen LogP contribution in [0.5, 0.6) is 0 Å². The SMILES string of the molecule is Cc1ccc(C2OCCC2CCl)cc1C. The molecule has 0 N–H and O–H groups in total. The Labute approximate surface area is 96.4 Å². The van der Waals surface area contributed by atoms with Gasteiger partial charge in [-0.3, -0.25) is 0 Å². The maximum absolute atomic E-state index is 5.94. The quantitative estimate of drug-likeness (QED) is 0.698. The summed E-state index contributed by atoms with van der Waals surface area (Å²) in [6, 6.07) is 6.56. The van der Waals surface area contributed by atoms with Crippen LogP contribution in [0.2, 0.25) is 0 Å². The van der Waals surface area contributed by atoms with Gasteiger partial charge in [0.25, 0.3) is 0 Å². The molecule has 1 saturated heterocycles. The third-order valence-electron chi connectivity index (χ3n) is 3.27. The minimum absolute atomic E-state index is 0.210. The van der Waals surface area contributed by atoms with E-state index in [1.54, 1.807) is 0 Å². The van der Waals surface area contributed by atoms with Crippen LogP contribution in [0, 0.1) is 19.8 Å². The second-order valence-corrected chi connectivity index (χ2v) is 4.65. The summed E-state index contributed by atoms with van der Waals surface area (Å²) < 4.78 is 5.75. The molecule has 0 aromatic heterocycles. The summed E-state index contributed by atoms with van der Waals surface area (Å²) in [6.45, 7) is 5.12. The van der Waals surface area contributed by atoms with Crippen molar-refractivity contribution in [2.45, 2.75) is 26.4 Å². The maximum Gasteiger partial charge on any atom is 0.0865 e. The minimum Gasteiger partial charge on any atom is -0.373 e. The predicted molar refractivity (Wildman–Crippen MR) is 63.4 cm³/mol. The minimum atomic E-state index is 0.210. The summed E-state index contributed by atoms with van der Waals surface area (Å²) in [5.41, 5.74) is 3.94. The number of aryl methyl sites for hydroxylation is 2. The van der Waals surface area contributed by atoms with Gasteiger partial charge >= 0.3 is 0 Å². The van der Waals surface area contributed by atoms with Gasteiger partial charge in [-0.1, -0.05) is 18.2 Å². The van der Waals surface area contributed by atoms with Crippen LogP contribution in [0.1, 0.15) is 29.2 Å². The first-order valence-electron chi connectivity index (χ1n) is 5.47. The van der Waals surface area contributed by atoms with Crippen molar-refractivity contribution < 1.29 is 4.74 Å². The van der Waals surface area contributed by atoms with E-state index < -0.39 is 0 Å². The van der Waals surface area contributed by atoms with E-state index in [0.29, 0.717) is 11.8 Å². The van der Waals surface area contributed by atoms with E-state index in [2.05, 4.69) is 32.0 Å². The molecule has 0 saturated carbocycles. The highest BCUT2D eigenvalue weighted by molar-refractivity contribution is 6.18. The molecule has 1 aromatic rings. The second-order valence-electron chi connectivity index (χ2n) is 4.34. The number of rotatable bonds is 2. The van der Waals surface area contributed by atoms with E-state index in [4.69, 9.17) is 16.3 Å². The Hall–Kier alpha value is -0.530. The molecule has 1 nitrogen and oxygen atoms in total. The van der Waals surface area contributed by atoms with Gasteiger partial charge in [0.2, 0.25) is 0 Å². The van der Waals surface area contributed by atoms with Crippen LogP contribution in [0.15, 0.2) is 18.2 Å². The Kier molecular flexibility index (Phi) is 3.32. The normalized spacial score (nSPS) is 25.8. The van der Waals surface area contributed by atoms with E-state index in [1.807, 2.05) is 0 Å². The van der Waals surface area contributed by atoms with Crippen LogP contribution in [0.25, 0.3) is 0 Å². The van der Waals surface area contributed by atoms with Crippen LogP contribution >= 0.6 is 11.6 Å². The van der Waals surface area contributed by atoms with Crippen LogP contribution in [0.4, 0.5) is 0 Å². The fourth-order valence-electron chi connectivity index (χ4n) is 2.10. The summed E-state index contributed by atoms with van der Waals surface area (Å²) in [7, 11) is 0. The Morgan fingerprint density at radius 2 is 2.13 bits per heavy atom. The molecule has 0 amide bonds. The molecular formula is C13H17ClO. The molecule has 0 aliphatic carbocycles. The molecule has 1 aliphatic rings. The smallest absolute Gasteiger partial charge is 0.0865 e. The average Bonchev–Trinajstić information content (AvgIpc) is 2.70. The van der Waals surface area contributed by atoms with Crippen molar-refractivity contribution in [3.8, 4) is 0 Å². The number of hydrogen-bond acceptors (Lipinski definition) is 1. The number of benzene rings is 1. The number of hydrogen-bond donors (Lipinski definition) is 0. The van der Waals surface area contributed by atoms with Gasteiger partial charge in [-0.2, -0.15) is 0 Å². The van der Waals surface area contributed by atoms with Crippen molar-refractivity contribution >= 4 is 11.6 Å². The second kappa shape index (κ2) is 4.54. The zero-order chi connectivity index (χ0) is 10.8. The summed E-state index contributed by atoms with van der Waals surface area (Å²) >= 11 is 5.94. The monoisotopic (exact) mass is 224 g/mol. The molecular weight excluding hydrogens is 208 g/mol. The predicted octanol–water partition coefficient (Wildman–Crippen LogP) is 3.62. The molecule has 0 radical (unpaired) electrons. The van der Waals surface area contributed by atoms with Crippen molar-refractivity contribution in [1.29, 1.82) is 0 Å². The fraction of sp³-hybridized carbons (Fsp3) is 0.538. The topological polar surface area (TPSA) is 9.23 Å². The number of ether oxygens (including phenoxy) is 1. The van der Waals surface area contributed by atoms with E-state index in [-0.39, 0.29) is 6.10 Å². The number of alkyl halides is 1. The third kappa shape index (κ3) is 2.19. The lowest BCUT2D eigenvalue weighted by molar-refractivity contribution is 0.0951. The first kappa shape index (κ1) is 11.0. The van der Waals surface area contributed by atoms with Gasteiger partial charge in [-0.05, 0) is 37.0 Å². The van der Waals surface area contributed by atoms with E-state index in [9.17, 15) is 0 Å². The molecule has 0 spiro atoms. The van der Waals surface area contributed by atoms with Crippen molar-refractivity contribution in [2.24, 2.45) is 5.92 Å². The van der Waals surface area contributed by atoms with Crippen molar-refractivity contribution in [2.75, 3.05) is 12.5 Å². The lowest BCUT2D eigenvalue weighted by Crippen LogP contribution is -2.09. The van der Waals surface area contributed by atoms with Gasteiger partial charge in [0.1, 0.15) is 0 Å². The van der Waals surface area contributed by atoms with Gasteiger partial charge in [0, 0.05) is 18.4 Å². The highest BCUT2D eigenvalue weighted by Gasteiger charge is 2.28. The summed E-state index contributed by atoms with van der Waals surface area (Å²) in [5.74, 6) is 1.17. The van der Waals surface area contributed by atoms with E-state index in [0.717, 1.165) is 13.0 Å². The molecule has 2 rings (SSSR count). The standard InChI is InChI=1S/C13H17ClO/c1-9-3-4-11(7-10(9)2)13-12(8-14)5-6-15-13/h3-4,7,12-13H,5-6,8H2,1-2H3. The van der Waals surface area contributed by atoms with E-state index in [1.165, 1.54) is 16.7 Å². The Balaban J connectivity index is 2.25. The molecule has 2 unspecified atom stereocenters. The van der Waals surface area contributed by atoms with Crippen molar-refractivity contribution in [1.82, 2.24) is 0 Å². The Morgan fingerprint density at radius 1 is 1.33 bits per heavy atom. The lowest BCUT2D eigenvalue weighted by Gasteiger charge is -2.17. The molecule has 2 atom stereocenters. The van der Waals surface area contributed by atoms with Gasteiger partial charge in [-0.25, -0.2) is 0 Å². The molecule has 0 bridgehead atoms. The third-order valence-corrected chi connectivity index (χ3v) is 3.67. The maximum atomic E-state index is 5.94. The van der Waals surface area contributed by atoms with Crippen LogP contribution in [0.3, 0.4) is 0 Å². The summed E-state index contributed by atoms with van der Waals surface area (Å²) in [4.78, 5) is 0. The first-order valence-corrected chi connectivity index (χ1v) is 6.00. The zero-order valence-corrected chi connectivity index (χ0v) is 10.1. The van der Waals surface area contributed by atoms with Crippen molar-refractivity contribution in [3.05, 3.63) is 34.9 Å². The molecule has 1 heterocycles. The van der Waals surface area contributed by atoms with Crippen LogP contribution < -0.4 is 0 Å². The van der Waals surface area contributed by atoms with E-state index >= 15 is 0 Å².